The van der Waals surface area contributed by atoms with Crippen molar-refractivity contribution in [3.63, 3.8) is 0 Å². The van der Waals surface area contributed by atoms with E-state index in [0.29, 0.717) is 4.90 Å². The molecule has 0 aliphatic heterocycles. The summed E-state index contributed by atoms with van der Waals surface area (Å²) in [4.78, 5) is 11.2. The van der Waals surface area contributed by atoms with Crippen molar-refractivity contribution in [1.82, 2.24) is 4.90 Å². The summed E-state index contributed by atoms with van der Waals surface area (Å²) in [5.74, 6) is -7.73. The van der Waals surface area contributed by atoms with Crippen LogP contribution < -0.4 is 0 Å². The van der Waals surface area contributed by atoms with Gasteiger partial charge in [0.25, 0.3) is 0 Å². The zero-order chi connectivity index (χ0) is 13.0. The predicted octanol–water partition coefficient (Wildman–Crippen LogP) is 1.95. The van der Waals surface area contributed by atoms with Crippen LogP contribution in [0, 0.1) is 11.3 Å². The van der Waals surface area contributed by atoms with Crippen molar-refractivity contribution >= 4 is 5.91 Å². The molecule has 0 aromatic heterocycles. The molecule has 0 heterocycles. The highest BCUT2D eigenvalue weighted by Gasteiger charge is 2.64. The van der Waals surface area contributed by atoms with Gasteiger partial charge in [0.2, 0.25) is 0 Å². The van der Waals surface area contributed by atoms with Gasteiger partial charge in [0.1, 0.15) is 0 Å². The molecule has 0 radical (unpaired) electrons. The van der Waals surface area contributed by atoms with E-state index >= 15 is 0 Å². The molecule has 92 valence electrons. The standard InChI is InChI=1S/C8H9F5N2O/c1-2-15(5-3-4-14)6(16)7(9,10)8(11,12)13/h2-3,5H2,1H3. The van der Waals surface area contributed by atoms with Gasteiger partial charge in [-0.2, -0.15) is 27.2 Å². The molecule has 0 rings (SSSR count). The lowest BCUT2D eigenvalue weighted by Gasteiger charge is -2.26. The molecule has 0 saturated heterocycles. The van der Waals surface area contributed by atoms with Crippen molar-refractivity contribution in [2.24, 2.45) is 0 Å². The number of nitrogens with zero attached hydrogens (tertiary/aromatic N) is 2. The van der Waals surface area contributed by atoms with Gasteiger partial charge >= 0.3 is 18.0 Å². The number of amides is 1. The Kier molecular flexibility index (Phi) is 4.65. The number of hydrogen-bond acceptors (Lipinski definition) is 2. The number of halogens is 5. The lowest BCUT2D eigenvalue weighted by Crippen LogP contribution is -2.52. The van der Waals surface area contributed by atoms with E-state index in [-0.39, 0.29) is 13.0 Å². The summed E-state index contributed by atoms with van der Waals surface area (Å²) in [5.41, 5.74) is 0. The number of alkyl halides is 5. The van der Waals surface area contributed by atoms with Crippen LogP contribution in [0.3, 0.4) is 0 Å². The van der Waals surface area contributed by atoms with Gasteiger partial charge in [0.15, 0.2) is 0 Å². The summed E-state index contributed by atoms with van der Waals surface area (Å²) in [6, 6.07) is 1.56. The van der Waals surface area contributed by atoms with E-state index in [2.05, 4.69) is 0 Å². The molecule has 16 heavy (non-hydrogen) atoms. The molecule has 0 aromatic rings. The predicted molar refractivity (Wildman–Crippen MR) is 43.5 cm³/mol. The smallest absolute Gasteiger partial charge is 0.336 e. The van der Waals surface area contributed by atoms with Crippen molar-refractivity contribution in [3.05, 3.63) is 0 Å². The van der Waals surface area contributed by atoms with Crippen molar-refractivity contribution in [2.45, 2.75) is 25.4 Å². The van der Waals surface area contributed by atoms with Crippen LogP contribution >= 0.6 is 0 Å². The maximum atomic E-state index is 12.6. The molecule has 0 aliphatic carbocycles. The molecule has 0 aliphatic rings. The van der Waals surface area contributed by atoms with Crippen LogP contribution in [-0.2, 0) is 4.79 Å². The highest BCUT2D eigenvalue weighted by atomic mass is 19.4. The Labute approximate surface area is 88.4 Å². The summed E-state index contributed by atoms with van der Waals surface area (Å²) in [6.45, 7) is 0.491. The summed E-state index contributed by atoms with van der Waals surface area (Å²) < 4.78 is 60.7. The molecular formula is C8H9F5N2O. The average molecular weight is 244 g/mol. The van der Waals surface area contributed by atoms with Crippen molar-refractivity contribution < 1.29 is 26.7 Å². The second-order valence-corrected chi connectivity index (χ2v) is 2.87. The van der Waals surface area contributed by atoms with Crippen LogP contribution in [0.4, 0.5) is 22.0 Å². The Bertz CT molecular complexity index is 294. The summed E-state index contributed by atoms with van der Waals surface area (Å²) in [6.07, 6.45) is -6.21. The Hall–Kier alpha value is -1.39. The Morgan fingerprint density at radius 2 is 1.81 bits per heavy atom. The fourth-order valence-corrected chi connectivity index (χ4v) is 0.908. The number of carbonyl (C=O) groups is 1. The van der Waals surface area contributed by atoms with E-state index in [0.717, 1.165) is 0 Å². The van der Waals surface area contributed by atoms with Crippen LogP contribution in [0.2, 0.25) is 0 Å². The number of nitriles is 1. The number of rotatable bonds is 4. The van der Waals surface area contributed by atoms with Crippen LogP contribution in [-0.4, -0.2) is 36.0 Å². The first-order valence-electron chi connectivity index (χ1n) is 4.29. The molecular weight excluding hydrogens is 235 g/mol. The highest BCUT2D eigenvalue weighted by Crippen LogP contribution is 2.36. The van der Waals surface area contributed by atoms with Crippen molar-refractivity contribution in [2.75, 3.05) is 13.1 Å². The third kappa shape index (κ3) is 3.05. The topological polar surface area (TPSA) is 44.1 Å². The molecule has 0 atom stereocenters. The van der Waals surface area contributed by atoms with E-state index in [9.17, 15) is 26.7 Å². The first kappa shape index (κ1) is 14.6. The Morgan fingerprint density at radius 1 is 1.31 bits per heavy atom. The third-order valence-electron chi connectivity index (χ3n) is 1.79. The molecule has 0 bridgehead atoms. The fraction of sp³-hybridized carbons (Fsp3) is 0.750. The molecule has 0 unspecified atom stereocenters. The van der Waals surface area contributed by atoms with E-state index in [1.165, 1.54) is 6.92 Å². The van der Waals surface area contributed by atoms with E-state index in [4.69, 9.17) is 5.26 Å². The second-order valence-electron chi connectivity index (χ2n) is 2.87. The van der Waals surface area contributed by atoms with Gasteiger partial charge in [-0.3, -0.25) is 4.79 Å². The normalized spacial score (nSPS) is 12.1. The van der Waals surface area contributed by atoms with Crippen LogP contribution in [0.1, 0.15) is 13.3 Å². The minimum Gasteiger partial charge on any atom is -0.336 e. The molecule has 1 amide bonds. The minimum atomic E-state index is -5.91. The fourth-order valence-electron chi connectivity index (χ4n) is 0.908. The molecule has 0 aromatic carbocycles. The van der Waals surface area contributed by atoms with Gasteiger partial charge in [-0.1, -0.05) is 0 Å². The molecule has 8 heteroatoms. The van der Waals surface area contributed by atoms with Crippen LogP contribution in [0.15, 0.2) is 0 Å². The van der Waals surface area contributed by atoms with Gasteiger partial charge in [0, 0.05) is 13.1 Å². The zero-order valence-corrected chi connectivity index (χ0v) is 8.31. The Morgan fingerprint density at radius 3 is 2.12 bits per heavy atom. The van der Waals surface area contributed by atoms with E-state index in [1.54, 1.807) is 6.07 Å². The number of hydrogen-bond donors (Lipinski definition) is 0. The quantitative estimate of drug-likeness (QED) is 0.709. The molecule has 3 nitrogen and oxygen atoms in total. The van der Waals surface area contributed by atoms with Gasteiger partial charge < -0.3 is 4.90 Å². The van der Waals surface area contributed by atoms with Gasteiger partial charge in [0.05, 0.1) is 12.5 Å². The van der Waals surface area contributed by atoms with Gasteiger partial charge in [-0.15, -0.1) is 0 Å². The Balaban J connectivity index is 4.82. The largest absolute Gasteiger partial charge is 0.463 e. The van der Waals surface area contributed by atoms with Crippen molar-refractivity contribution in [3.8, 4) is 6.07 Å². The van der Waals surface area contributed by atoms with Crippen LogP contribution in [0.5, 0.6) is 0 Å². The lowest BCUT2D eigenvalue weighted by atomic mass is 10.2. The SMILES string of the molecule is CCN(CCC#N)C(=O)C(F)(F)C(F)(F)F. The summed E-state index contributed by atoms with van der Waals surface area (Å²) >= 11 is 0. The maximum Gasteiger partial charge on any atom is 0.463 e. The minimum absolute atomic E-state index is 0.298. The monoisotopic (exact) mass is 244 g/mol. The highest BCUT2D eigenvalue weighted by molar-refractivity contribution is 5.84. The van der Waals surface area contributed by atoms with Crippen molar-refractivity contribution in [1.29, 1.82) is 5.26 Å². The zero-order valence-electron chi connectivity index (χ0n) is 8.31. The van der Waals surface area contributed by atoms with E-state index < -0.39 is 24.6 Å². The van der Waals surface area contributed by atoms with E-state index in [1.807, 2.05) is 0 Å². The van der Waals surface area contributed by atoms with Crippen LogP contribution in [0.25, 0.3) is 0 Å². The molecule has 0 spiro atoms. The molecule has 0 saturated carbocycles. The first-order valence-corrected chi connectivity index (χ1v) is 4.29. The number of carbonyl (C=O) groups excluding carboxylic acids is 1. The third-order valence-corrected chi connectivity index (χ3v) is 1.79. The second kappa shape index (κ2) is 5.09. The maximum absolute atomic E-state index is 12.6. The van der Waals surface area contributed by atoms with Gasteiger partial charge in [-0.05, 0) is 6.92 Å². The van der Waals surface area contributed by atoms with Gasteiger partial charge in [-0.25, -0.2) is 0 Å². The molecule has 0 fully saturated rings. The lowest BCUT2D eigenvalue weighted by molar-refractivity contribution is -0.274. The first-order chi connectivity index (χ1) is 7.18. The summed E-state index contributed by atoms with van der Waals surface area (Å²) in [7, 11) is 0. The molecule has 0 N–H and O–H groups in total. The average Bonchev–Trinajstić information content (AvgIpc) is 2.16. The summed E-state index contributed by atoms with van der Waals surface area (Å²) in [5, 5.41) is 8.16.